The molecule has 2 N–H and O–H groups in total. The number of hydrogen-bond donors (Lipinski definition) is 2. The molecule has 2 atom stereocenters. The lowest BCUT2D eigenvalue weighted by molar-refractivity contribution is -0.173. The number of amides is 1. The van der Waals surface area contributed by atoms with Crippen molar-refractivity contribution in [2.75, 3.05) is 10.6 Å². The Hall–Kier alpha value is -2.52. The summed E-state index contributed by atoms with van der Waals surface area (Å²) < 4.78 is 42.9. The highest BCUT2D eigenvalue weighted by molar-refractivity contribution is 9.10. The summed E-state index contributed by atoms with van der Waals surface area (Å²) in [5.41, 5.74) is 1.18. The van der Waals surface area contributed by atoms with Gasteiger partial charge in [-0.2, -0.15) is 18.3 Å². The fourth-order valence-corrected chi connectivity index (χ4v) is 3.76. The highest BCUT2D eigenvalue weighted by Crippen LogP contribution is 2.44. The van der Waals surface area contributed by atoms with E-state index in [2.05, 4.69) is 31.7 Å². The van der Waals surface area contributed by atoms with Crippen molar-refractivity contribution in [2.45, 2.75) is 24.7 Å². The molecule has 1 aliphatic rings. The Balaban J connectivity index is 1.68. The third kappa shape index (κ3) is 4.17. The number of hydrogen-bond acceptors (Lipinski definition) is 3. The second-order valence-corrected chi connectivity index (χ2v) is 8.21. The number of halogens is 5. The van der Waals surface area contributed by atoms with Crippen molar-refractivity contribution in [1.29, 1.82) is 0 Å². The van der Waals surface area contributed by atoms with Crippen LogP contribution in [0.25, 0.3) is 0 Å². The standard InChI is InChI=1S/C20H15BrClF3N4O/c21-12-3-1-11(2-4-12)16-9-17(20(23,24)25)29-18(28-16)15(10-26-29)19(30)27-14-7-5-13(22)6-8-14/h1-8,10,16-17,28H,9H2,(H,27,30). The highest BCUT2D eigenvalue weighted by Gasteiger charge is 2.47. The molecule has 0 radical (unpaired) electrons. The Morgan fingerprint density at radius 2 is 1.83 bits per heavy atom. The van der Waals surface area contributed by atoms with Crippen LogP contribution >= 0.6 is 27.5 Å². The number of benzene rings is 2. The van der Waals surface area contributed by atoms with Crippen LogP contribution in [0.5, 0.6) is 0 Å². The lowest BCUT2D eigenvalue weighted by Gasteiger charge is -2.34. The zero-order valence-electron chi connectivity index (χ0n) is 15.3. The Morgan fingerprint density at radius 3 is 2.47 bits per heavy atom. The van der Waals surface area contributed by atoms with E-state index >= 15 is 0 Å². The molecule has 0 bridgehead atoms. The van der Waals surface area contributed by atoms with E-state index in [1.165, 1.54) is 0 Å². The molecule has 2 aromatic carbocycles. The first kappa shape index (κ1) is 20.7. The van der Waals surface area contributed by atoms with Gasteiger partial charge in [-0.25, -0.2) is 4.68 Å². The van der Waals surface area contributed by atoms with Crippen molar-refractivity contribution < 1.29 is 18.0 Å². The van der Waals surface area contributed by atoms with Crippen molar-refractivity contribution in [1.82, 2.24) is 9.78 Å². The third-order valence-electron chi connectivity index (χ3n) is 4.86. The Kier molecular flexibility index (Phi) is 5.50. The van der Waals surface area contributed by atoms with Gasteiger partial charge in [0.25, 0.3) is 5.91 Å². The average Bonchev–Trinajstić information content (AvgIpc) is 3.13. The summed E-state index contributed by atoms with van der Waals surface area (Å²) in [5, 5.41) is 10.1. The van der Waals surface area contributed by atoms with Crippen LogP contribution in [0.4, 0.5) is 24.7 Å². The Labute approximate surface area is 183 Å². The molecule has 1 amide bonds. The van der Waals surface area contributed by atoms with Crippen LogP contribution < -0.4 is 10.6 Å². The molecular formula is C20H15BrClF3N4O. The number of aromatic nitrogens is 2. The van der Waals surface area contributed by atoms with Crippen molar-refractivity contribution >= 4 is 44.9 Å². The minimum atomic E-state index is -4.51. The van der Waals surface area contributed by atoms with Crippen LogP contribution in [0.1, 0.15) is 34.4 Å². The van der Waals surface area contributed by atoms with Crippen LogP contribution in [-0.4, -0.2) is 21.9 Å². The van der Waals surface area contributed by atoms with Gasteiger partial charge >= 0.3 is 6.18 Å². The summed E-state index contributed by atoms with van der Waals surface area (Å²) >= 11 is 9.16. The van der Waals surface area contributed by atoms with Gasteiger partial charge < -0.3 is 10.6 Å². The maximum Gasteiger partial charge on any atom is 0.410 e. The fourth-order valence-electron chi connectivity index (χ4n) is 3.37. The van der Waals surface area contributed by atoms with Crippen LogP contribution in [0.2, 0.25) is 5.02 Å². The monoisotopic (exact) mass is 498 g/mol. The molecule has 10 heteroatoms. The smallest absolute Gasteiger partial charge is 0.363 e. The normalized spacial score (nSPS) is 18.4. The molecule has 30 heavy (non-hydrogen) atoms. The van der Waals surface area contributed by atoms with Gasteiger partial charge in [-0.15, -0.1) is 0 Å². The zero-order chi connectivity index (χ0) is 21.5. The largest absolute Gasteiger partial charge is 0.410 e. The molecule has 1 aliphatic heterocycles. The van der Waals surface area contributed by atoms with E-state index in [0.29, 0.717) is 16.3 Å². The molecule has 0 fully saturated rings. The number of carbonyl (C=O) groups is 1. The molecule has 0 saturated heterocycles. The zero-order valence-corrected chi connectivity index (χ0v) is 17.6. The van der Waals surface area contributed by atoms with Crippen molar-refractivity contribution in [3.8, 4) is 0 Å². The van der Waals surface area contributed by atoms with Gasteiger partial charge in [-0.3, -0.25) is 4.79 Å². The van der Waals surface area contributed by atoms with Gasteiger partial charge in [0.1, 0.15) is 11.4 Å². The first-order chi connectivity index (χ1) is 14.2. The number of carbonyl (C=O) groups excluding carboxylic acids is 1. The number of fused-ring (bicyclic) bond motifs is 1. The van der Waals surface area contributed by atoms with Crippen molar-refractivity contribution in [2.24, 2.45) is 0 Å². The molecule has 0 saturated carbocycles. The van der Waals surface area contributed by atoms with E-state index in [4.69, 9.17) is 11.6 Å². The molecule has 1 aromatic heterocycles. The van der Waals surface area contributed by atoms with Gasteiger partial charge in [0.15, 0.2) is 6.04 Å². The van der Waals surface area contributed by atoms with E-state index in [1.54, 1.807) is 48.5 Å². The average molecular weight is 500 g/mol. The van der Waals surface area contributed by atoms with Gasteiger partial charge in [-0.05, 0) is 42.0 Å². The second-order valence-electron chi connectivity index (χ2n) is 6.85. The molecule has 0 aliphatic carbocycles. The quantitative estimate of drug-likeness (QED) is 0.450. The summed E-state index contributed by atoms with van der Waals surface area (Å²) in [5.74, 6) is -0.536. The predicted octanol–water partition coefficient (Wildman–Crippen LogP) is 6.21. The molecule has 0 spiro atoms. The van der Waals surface area contributed by atoms with E-state index in [1.807, 2.05) is 0 Å². The molecule has 5 nitrogen and oxygen atoms in total. The minimum absolute atomic E-state index is 0.0287. The number of alkyl halides is 3. The summed E-state index contributed by atoms with van der Waals surface area (Å²) in [6.07, 6.45) is -3.60. The van der Waals surface area contributed by atoms with Gasteiger partial charge in [0.2, 0.25) is 0 Å². The van der Waals surface area contributed by atoms with Crippen LogP contribution in [0.3, 0.4) is 0 Å². The highest BCUT2D eigenvalue weighted by atomic mass is 79.9. The topological polar surface area (TPSA) is 59.0 Å². The SMILES string of the molecule is O=C(Nc1ccc(Cl)cc1)c1cnn2c1NC(c1ccc(Br)cc1)CC2C(F)(F)F. The number of nitrogens with zero attached hydrogens (tertiary/aromatic N) is 2. The van der Waals surface area contributed by atoms with Crippen molar-refractivity contribution in [3.05, 3.63) is 75.4 Å². The minimum Gasteiger partial charge on any atom is -0.363 e. The lowest BCUT2D eigenvalue weighted by atomic mass is 9.96. The maximum atomic E-state index is 13.8. The summed E-state index contributed by atoms with van der Waals surface area (Å²) in [6.45, 7) is 0. The van der Waals surface area contributed by atoms with E-state index in [0.717, 1.165) is 15.4 Å². The molecule has 4 rings (SSSR count). The predicted molar refractivity (Wildman–Crippen MR) is 112 cm³/mol. The first-order valence-corrected chi connectivity index (χ1v) is 10.1. The van der Waals surface area contributed by atoms with Crippen LogP contribution in [0, 0.1) is 0 Å². The molecular weight excluding hydrogens is 485 g/mol. The molecule has 156 valence electrons. The summed E-state index contributed by atoms with van der Waals surface area (Å²) in [6, 6.07) is 11.0. The first-order valence-electron chi connectivity index (χ1n) is 8.95. The number of nitrogens with one attached hydrogen (secondary N) is 2. The van der Waals surface area contributed by atoms with E-state index < -0.39 is 24.2 Å². The molecule has 3 aromatic rings. The van der Waals surface area contributed by atoms with Gasteiger partial charge in [-0.1, -0.05) is 39.7 Å². The Bertz CT molecular complexity index is 1070. The summed E-state index contributed by atoms with van der Waals surface area (Å²) in [4.78, 5) is 12.8. The fraction of sp³-hybridized carbons (Fsp3) is 0.200. The summed E-state index contributed by atoms with van der Waals surface area (Å²) in [7, 11) is 0. The molecule has 2 unspecified atom stereocenters. The maximum absolute atomic E-state index is 13.8. The lowest BCUT2D eigenvalue weighted by Crippen LogP contribution is -2.36. The number of anilines is 2. The second kappa shape index (κ2) is 7.96. The Morgan fingerprint density at radius 1 is 1.17 bits per heavy atom. The van der Waals surface area contributed by atoms with Crippen LogP contribution in [-0.2, 0) is 0 Å². The van der Waals surface area contributed by atoms with E-state index in [-0.39, 0.29) is 17.8 Å². The van der Waals surface area contributed by atoms with E-state index in [9.17, 15) is 18.0 Å². The van der Waals surface area contributed by atoms with Gasteiger partial charge in [0, 0.05) is 21.6 Å². The van der Waals surface area contributed by atoms with Crippen molar-refractivity contribution in [3.63, 3.8) is 0 Å². The number of rotatable bonds is 3. The third-order valence-corrected chi connectivity index (χ3v) is 5.64. The van der Waals surface area contributed by atoms with Crippen LogP contribution in [0.15, 0.2) is 59.2 Å². The molecule has 2 heterocycles. The van der Waals surface area contributed by atoms with Gasteiger partial charge in [0.05, 0.1) is 12.2 Å².